The Bertz CT molecular complexity index is 298. The highest BCUT2D eigenvalue weighted by Gasteiger charge is 2.07. The molecule has 13 heavy (non-hydrogen) atoms. The van der Waals surface area contributed by atoms with E-state index >= 15 is 0 Å². The average molecular weight is 204 g/mol. The van der Waals surface area contributed by atoms with Gasteiger partial charge in [0.15, 0.2) is 0 Å². The summed E-state index contributed by atoms with van der Waals surface area (Å²) >= 11 is 5.15. The predicted molar refractivity (Wildman–Crippen MR) is 44.4 cm³/mol. The lowest BCUT2D eigenvalue weighted by Crippen LogP contribution is -2.35. The van der Waals surface area contributed by atoms with Crippen LogP contribution in [0, 0.1) is 0 Å². The van der Waals surface area contributed by atoms with E-state index in [0.29, 0.717) is 0 Å². The van der Waals surface area contributed by atoms with Crippen LogP contribution < -0.4 is 10.6 Å². The predicted octanol–water partition coefficient (Wildman–Crippen LogP) is 0.561. The van der Waals surface area contributed by atoms with Gasteiger partial charge in [-0.3, -0.25) is 15.4 Å². The van der Waals surface area contributed by atoms with E-state index in [9.17, 15) is 9.59 Å². The maximum atomic E-state index is 10.9. The molecule has 1 aromatic heterocycles. The Morgan fingerprint density at radius 2 is 2.38 bits per heavy atom. The van der Waals surface area contributed by atoms with Crippen LogP contribution in [0.3, 0.4) is 0 Å². The minimum absolute atomic E-state index is 0.0138. The van der Waals surface area contributed by atoms with E-state index in [1.54, 1.807) is 0 Å². The van der Waals surface area contributed by atoms with E-state index in [0.717, 1.165) is 0 Å². The molecule has 0 spiro atoms. The Hall–Kier alpha value is -1.56. The van der Waals surface area contributed by atoms with Gasteiger partial charge in [0.2, 0.25) is 5.91 Å². The highest BCUT2D eigenvalue weighted by atomic mass is 35.5. The van der Waals surface area contributed by atoms with Crippen molar-refractivity contribution in [1.29, 1.82) is 0 Å². The lowest BCUT2D eigenvalue weighted by atomic mass is 10.7. The SMILES string of the molecule is O=C(CCl)NC(=O)Nc1ncco1. The number of carbonyl (C=O) groups is 2. The molecule has 0 atom stereocenters. The molecule has 0 bridgehead atoms. The normalized spacial score (nSPS) is 9.31. The number of amides is 3. The molecule has 0 unspecified atom stereocenters. The van der Waals surface area contributed by atoms with Gasteiger partial charge in [-0.1, -0.05) is 0 Å². The standard InChI is InChI=1S/C6H6ClN3O3/c7-3-4(11)9-5(12)10-6-8-1-2-13-6/h1-2H,3H2,(H2,8,9,10,11,12). The number of alkyl halides is 1. The molecule has 7 heteroatoms. The molecule has 0 aliphatic heterocycles. The van der Waals surface area contributed by atoms with E-state index in [-0.39, 0.29) is 11.9 Å². The second-order valence-electron chi connectivity index (χ2n) is 1.97. The highest BCUT2D eigenvalue weighted by molar-refractivity contribution is 6.28. The van der Waals surface area contributed by atoms with Gasteiger partial charge in [-0.05, 0) is 0 Å². The number of hydrogen-bond donors (Lipinski definition) is 2. The molecule has 1 rings (SSSR count). The van der Waals surface area contributed by atoms with E-state index in [1.165, 1.54) is 12.5 Å². The first-order valence-electron chi connectivity index (χ1n) is 3.28. The van der Waals surface area contributed by atoms with Crippen molar-refractivity contribution in [2.24, 2.45) is 0 Å². The number of oxazole rings is 1. The number of halogens is 1. The number of anilines is 1. The summed E-state index contributed by atoms with van der Waals surface area (Å²) in [4.78, 5) is 25.1. The second kappa shape index (κ2) is 4.46. The number of imide groups is 1. The van der Waals surface area contributed by atoms with Gasteiger partial charge in [0.05, 0.1) is 6.20 Å². The van der Waals surface area contributed by atoms with Gasteiger partial charge in [-0.2, -0.15) is 0 Å². The smallest absolute Gasteiger partial charge is 0.329 e. The molecule has 1 aromatic rings. The quantitative estimate of drug-likeness (QED) is 0.688. The van der Waals surface area contributed by atoms with Gasteiger partial charge in [-0.15, -0.1) is 11.6 Å². The average Bonchev–Trinajstić information content (AvgIpc) is 2.56. The third-order valence-electron chi connectivity index (χ3n) is 1.03. The number of urea groups is 1. The first kappa shape index (κ1) is 9.53. The van der Waals surface area contributed by atoms with Gasteiger partial charge >= 0.3 is 12.0 Å². The van der Waals surface area contributed by atoms with Gasteiger partial charge < -0.3 is 4.42 Å². The fraction of sp³-hybridized carbons (Fsp3) is 0.167. The summed E-state index contributed by atoms with van der Waals surface area (Å²) in [5.41, 5.74) is 0. The van der Waals surface area contributed by atoms with Gasteiger partial charge in [-0.25, -0.2) is 9.78 Å². The van der Waals surface area contributed by atoms with Crippen molar-refractivity contribution >= 4 is 29.6 Å². The minimum Gasteiger partial charge on any atom is -0.432 e. The number of rotatable bonds is 2. The summed E-state index contributed by atoms with van der Waals surface area (Å²) in [6.45, 7) is 0. The van der Waals surface area contributed by atoms with Crippen LogP contribution in [0.2, 0.25) is 0 Å². The van der Waals surface area contributed by atoms with E-state index in [2.05, 4.69) is 10.3 Å². The molecule has 0 aliphatic rings. The van der Waals surface area contributed by atoms with E-state index in [1.807, 2.05) is 5.32 Å². The molecule has 3 amide bonds. The molecule has 0 fully saturated rings. The first-order valence-corrected chi connectivity index (χ1v) is 3.82. The summed E-state index contributed by atoms with van der Waals surface area (Å²) in [5, 5.41) is 4.13. The summed E-state index contributed by atoms with van der Waals surface area (Å²) in [5.74, 6) is -0.871. The second-order valence-corrected chi connectivity index (χ2v) is 2.24. The summed E-state index contributed by atoms with van der Waals surface area (Å²) < 4.78 is 4.69. The van der Waals surface area contributed by atoms with Crippen molar-refractivity contribution in [3.63, 3.8) is 0 Å². The number of nitrogens with zero attached hydrogens (tertiary/aromatic N) is 1. The van der Waals surface area contributed by atoms with Crippen LogP contribution in [0.4, 0.5) is 10.8 Å². The fourth-order valence-corrected chi connectivity index (χ4v) is 0.640. The van der Waals surface area contributed by atoms with Crippen LogP contribution in [0.15, 0.2) is 16.9 Å². The molecule has 0 saturated carbocycles. The fourth-order valence-electron chi connectivity index (χ4n) is 0.574. The molecule has 0 saturated heterocycles. The first-order chi connectivity index (χ1) is 6.22. The molecule has 70 valence electrons. The van der Waals surface area contributed by atoms with E-state index in [4.69, 9.17) is 16.0 Å². The van der Waals surface area contributed by atoms with Crippen LogP contribution in [0.5, 0.6) is 0 Å². The lowest BCUT2D eigenvalue weighted by molar-refractivity contribution is -0.117. The third-order valence-corrected chi connectivity index (χ3v) is 1.27. The van der Waals surface area contributed by atoms with Gasteiger partial charge in [0, 0.05) is 0 Å². The van der Waals surface area contributed by atoms with Crippen molar-refractivity contribution in [1.82, 2.24) is 10.3 Å². The zero-order valence-electron chi connectivity index (χ0n) is 6.41. The Morgan fingerprint density at radius 1 is 1.62 bits per heavy atom. The molecular weight excluding hydrogens is 198 g/mol. The Balaban J connectivity index is 2.38. The zero-order valence-corrected chi connectivity index (χ0v) is 7.17. The Kier molecular flexibility index (Phi) is 3.27. The number of aromatic nitrogens is 1. The van der Waals surface area contributed by atoms with Crippen LogP contribution >= 0.6 is 11.6 Å². The molecule has 6 nitrogen and oxygen atoms in total. The maximum absolute atomic E-state index is 10.9. The highest BCUT2D eigenvalue weighted by Crippen LogP contribution is 1.99. The topological polar surface area (TPSA) is 84.2 Å². The summed E-state index contributed by atoms with van der Waals surface area (Å²) in [6, 6.07) is -0.715. The Morgan fingerprint density at radius 3 is 2.92 bits per heavy atom. The van der Waals surface area contributed by atoms with Crippen LogP contribution in [-0.4, -0.2) is 22.8 Å². The molecular formula is C6H6ClN3O3. The van der Waals surface area contributed by atoms with Crippen molar-refractivity contribution in [2.75, 3.05) is 11.2 Å². The zero-order chi connectivity index (χ0) is 9.68. The van der Waals surface area contributed by atoms with Crippen LogP contribution in [0.1, 0.15) is 0 Å². The Labute approximate surface area is 78.3 Å². The van der Waals surface area contributed by atoms with Gasteiger partial charge in [0.25, 0.3) is 0 Å². The van der Waals surface area contributed by atoms with Crippen molar-refractivity contribution in [3.8, 4) is 0 Å². The van der Waals surface area contributed by atoms with Gasteiger partial charge in [0.1, 0.15) is 12.1 Å². The van der Waals surface area contributed by atoms with Crippen molar-refractivity contribution < 1.29 is 14.0 Å². The summed E-state index contributed by atoms with van der Waals surface area (Å²) in [7, 11) is 0. The third kappa shape index (κ3) is 3.12. The largest absolute Gasteiger partial charge is 0.432 e. The van der Waals surface area contributed by atoms with E-state index < -0.39 is 11.9 Å². The molecule has 0 radical (unpaired) electrons. The molecule has 1 heterocycles. The number of nitrogens with one attached hydrogen (secondary N) is 2. The number of carbonyl (C=O) groups excluding carboxylic acids is 2. The summed E-state index contributed by atoms with van der Waals surface area (Å²) in [6.07, 6.45) is 2.65. The maximum Gasteiger partial charge on any atom is 0.329 e. The monoisotopic (exact) mass is 203 g/mol. The minimum atomic E-state index is -0.729. The van der Waals surface area contributed by atoms with Crippen molar-refractivity contribution in [2.45, 2.75) is 0 Å². The molecule has 0 aromatic carbocycles. The van der Waals surface area contributed by atoms with Crippen LogP contribution in [-0.2, 0) is 4.79 Å². The number of hydrogen-bond acceptors (Lipinski definition) is 4. The van der Waals surface area contributed by atoms with Crippen LogP contribution in [0.25, 0.3) is 0 Å². The van der Waals surface area contributed by atoms with Crippen molar-refractivity contribution in [3.05, 3.63) is 12.5 Å². The molecule has 0 aliphatic carbocycles. The lowest BCUT2D eigenvalue weighted by Gasteiger charge is -1.99. The molecule has 2 N–H and O–H groups in total.